The number of hydrogen-bond acceptors (Lipinski definition) is 5. The van der Waals surface area contributed by atoms with Gasteiger partial charge in [-0.05, 0) is 12.3 Å². The van der Waals surface area contributed by atoms with Crippen molar-refractivity contribution >= 4 is 11.7 Å². The van der Waals surface area contributed by atoms with Crippen molar-refractivity contribution in [1.82, 2.24) is 14.9 Å². The normalized spacial score (nSPS) is 23.8. The number of hydrogen-bond donors (Lipinski definition) is 2. The second-order valence-electron chi connectivity index (χ2n) is 4.62. The van der Waals surface area contributed by atoms with Crippen LogP contribution in [-0.4, -0.2) is 52.1 Å². The molecule has 0 spiro atoms. The van der Waals surface area contributed by atoms with Gasteiger partial charge in [-0.1, -0.05) is 6.92 Å². The molecule has 2 atom stereocenters. The molecule has 18 heavy (non-hydrogen) atoms. The minimum atomic E-state index is -0.455. The Kier molecular flexibility index (Phi) is 3.76. The van der Waals surface area contributed by atoms with Crippen LogP contribution in [0.5, 0.6) is 0 Å². The van der Waals surface area contributed by atoms with Gasteiger partial charge in [0.2, 0.25) is 0 Å². The molecular formula is C12H18N4O2. The van der Waals surface area contributed by atoms with Crippen molar-refractivity contribution in [2.45, 2.75) is 19.4 Å². The van der Waals surface area contributed by atoms with Crippen LogP contribution in [-0.2, 0) is 0 Å². The molecule has 0 aliphatic carbocycles. The molecule has 1 aromatic rings. The van der Waals surface area contributed by atoms with E-state index in [2.05, 4.69) is 15.3 Å². The van der Waals surface area contributed by atoms with Gasteiger partial charge in [0.1, 0.15) is 11.5 Å². The third-order valence-electron chi connectivity index (χ3n) is 3.32. The lowest BCUT2D eigenvalue weighted by atomic mass is 9.96. The number of carbonyl (C=O) groups excluding carboxylic acids is 1. The summed E-state index contributed by atoms with van der Waals surface area (Å²) < 4.78 is 0. The fourth-order valence-electron chi connectivity index (χ4n) is 1.98. The van der Waals surface area contributed by atoms with Crippen molar-refractivity contribution in [1.29, 1.82) is 0 Å². The zero-order valence-corrected chi connectivity index (χ0v) is 10.6. The van der Waals surface area contributed by atoms with Crippen LogP contribution in [0.1, 0.15) is 23.8 Å². The van der Waals surface area contributed by atoms with Gasteiger partial charge in [-0.15, -0.1) is 0 Å². The van der Waals surface area contributed by atoms with Crippen molar-refractivity contribution in [2.75, 3.05) is 25.5 Å². The first kappa shape index (κ1) is 12.8. The Morgan fingerprint density at radius 2 is 2.33 bits per heavy atom. The molecule has 2 rings (SSSR count). The highest BCUT2D eigenvalue weighted by molar-refractivity contribution is 5.92. The summed E-state index contributed by atoms with van der Waals surface area (Å²) in [6, 6.07) is 0. The molecule has 1 fully saturated rings. The maximum atomic E-state index is 12.2. The van der Waals surface area contributed by atoms with Crippen LogP contribution in [0.3, 0.4) is 0 Å². The van der Waals surface area contributed by atoms with Gasteiger partial charge in [0.25, 0.3) is 5.91 Å². The van der Waals surface area contributed by atoms with Crippen LogP contribution in [0, 0.1) is 5.92 Å². The summed E-state index contributed by atoms with van der Waals surface area (Å²) in [6.45, 7) is 3.02. The van der Waals surface area contributed by atoms with E-state index in [-0.39, 0.29) is 11.8 Å². The molecule has 2 N–H and O–H groups in total. The number of nitrogens with one attached hydrogen (secondary N) is 1. The lowest BCUT2D eigenvalue weighted by Crippen LogP contribution is -2.46. The van der Waals surface area contributed by atoms with Gasteiger partial charge < -0.3 is 15.3 Å². The Labute approximate surface area is 106 Å². The smallest absolute Gasteiger partial charge is 0.274 e. The van der Waals surface area contributed by atoms with Gasteiger partial charge in [-0.25, -0.2) is 4.98 Å². The predicted octanol–water partition coefficient (Wildman–Crippen LogP) is 0.361. The van der Waals surface area contributed by atoms with E-state index < -0.39 is 6.10 Å². The predicted molar refractivity (Wildman–Crippen MR) is 67.3 cm³/mol. The maximum absolute atomic E-state index is 12.2. The first-order valence-electron chi connectivity index (χ1n) is 6.09. The van der Waals surface area contributed by atoms with Crippen LogP contribution >= 0.6 is 0 Å². The van der Waals surface area contributed by atoms with E-state index in [9.17, 15) is 9.90 Å². The highest BCUT2D eigenvalue weighted by Crippen LogP contribution is 2.18. The third kappa shape index (κ3) is 2.59. The molecule has 0 bridgehead atoms. The summed E-state index contributed by atoms with van der Waals surface area (Å²) in [5.74, 6) is 0.626. The van der Waals surface area contributed by atoms with E-state index in [1.807, 2.05) is 6.92 Å². The van der Waals surface area contributed by atoms with Gasteiger partial charge in [-0.2, -0.15) is 0 Å². The minimum Gasteiger partial charge on any atom is -0.391 e. The standard InChI is InChI=1S/C12H18N4O2/c1-8-3-4-16(7-10(8)17)12(18)9-5-14-6-11(13-2)15-9/h5-6,8,10,17H,3-4,7H2,1-2H3,(H,13,15). The van der Waals surface area contributed by atoms with Crippen LogP contribution in [0.2, 0.25) is 0 Å². The van der Waals surface area contributed by atoms with Crippen LogP contribution < -0.4 is 5.32 Å². The number of amides is 1. The molecule has 1 amide bonds. The first-order chi connectivity index (χ1) is 8.61. The summed E-state index contributed by atoms with van der Waals surface area (Å²) in [5, 5.41) is 12.6. The van der Waals surface area contributed by atoms with E-state index in [0.29, 0.717) is 24.6 Å². The summed E-state index contributed by atoms with van der Waals surface area (Å²) >= 11 is 0. The summed E-state index contributed by atoms with van der Waals surface area (Å²) in [4.78, 5) is 22.0. The van der Waals surface area contributed by atoms with E-state index in [1.54, 1.807) is 18.1 Å². The average Bonchev–Trinajstić information content (AvgIpc) is 2.41. The number of β-amino-alcohol motifs (C(OH)–C–C–N with tert-alkyl or cyclic N) is 1. The first-order valence-corrected chi connectivity index (χ1v) is 6.09. The SMILES string of the molecule is CNc1cncc(C(=O)N2CCC(C)C(O)C2)n1. The number of anilines is 1. The van der Waals surface area contributed by atoms with Gasteiger partial charge in [-0.3, -0.25) is 9.78 Å². The number of carbonyl (C=O) groups is 1. The highest BCUT2D eigenvalue weighted by atomic mass is 16.3. The molecule has 6 heteroatoms. The molecule has 0 radical (unpaired) electrons. The van der Waals surface area contributed by atoms with Crippen LogP contribution in [0.15, 0.2) is 12.4 Å². The number of rotatable bonds is 2. The zero-order chi connectivity index (χ0) is 13.1. The Bertz CT molecular complexity index is 438. The molecule has 0 aromatic carbocycles. The minimum absolute atomic E-state index is 0.175. The van der Waals surface area contributed by atoms with E-state index in [1.165, 1.54) is 6.20 Å². The van der Waals surface area contributed by atoms with Crippen LogP contribution in [0.25, 0.3) is 0 Å². The van der Waals surface area contributed by atoms with Crippen molar-refractivity contribution in [3.63, 3.8) is 0 Å². The second kappa shape index (κ2) is 5.30. The van der Waals surface area contributed by atoms with Crippen molar-refractivity contribution in [2.24, 2.45) is 5.92 Å². The largest absolute Gasteiger partial charge is 0.391 e. The number of piperidine rings is 1. The summed E-state index contributed by atoms with van der Waals surface area (Å²) in [5.41, 5.74) is 0.309. The third-order valence-corrected chi connectivity index (χ3v) is 3.32. The molecule has 98 valence electrons. The molecule has 2 unspecified atom stereocenters. The van der Waals surface area contributed by atoms with Crippen molar-refractivity contribution < 1.29 is 9.90 Å². The molecule has 1 aromatic heterocycles. The van der Waals surface area contributed by atoms with E-state index >= 15 is 0 Å². The Hall–Kier alpha value is -1.69. The number of nitrogens with zero attached hydrogens (tertiary/aromatic N) is 3. The van der Waals surface area contributed by atoms with Crippen molar-refractivity contribution in [3.05, 3.63) is 18.1 Å². The molecule has 1 aliphatic rings. The lowest BCUT2D eigenvalue weighted by molar-refractivity contribution is 0.0245. The zero-order valence-electron chi connectivity index (χ0n) is 10.6. The monoisotopic (exact) mass is 250 g/mol. The molecular weight excluding hydrogens is 232 g/mol. The molecule has 6 nitrogen and oxygen atoms in total. The van der Waals surface area contributed by atoms with Gasteiger partial charge in [0.15, 0.2) is 0 Å². The summed E-state index contributed by atoms with van der Waals surface area (Å²) in [7, 11) is 1.73. The van der Waals surface area contributed by atoms with E-state index in [4.69, 9.17) is 0 Å². The average molecular weight is 250 g/mol. The molecule has 0 saturated carbocycles. The van der Waals surface area contributed by atoms with Crippen molar-refractivity contribution in [3.8, 4) is 0 Å². The Morgan fingerprint density at radius 1 is 1.56 bits per heavy atom. The van der Waals surface area contributed by atoms with Gasteiger partial charge in [0, 0.05) is 20.1 Å². The topological polar surface area (TPSA) is 78.4 Å². The quantitative estimate of drug-likeness (QED) is 0.792. The molecule has 1 aliphatic heterocycles. The maximum Gasteiger partial charge on any atom is 0.274 e. The van der Waals surface area contributed by atoms with E-state index in [0.717, 1.165) is 6.42 Å². The van der Waals surface area contributed by atoms with Crippen LogP contribution in [0.4, 0.5) is 5.82 Å². The van der Waals surface area contributed by atoms with Gasteiger partial charge >= 0.3 is 0 Å². The fourth-order valence-corrected chi connectivity index (χ4v) is 1.98. The number of aromatic nitrogens is 2. The fraction of sp³-hybridized carbons (Fsp3) is 0.583. The summed E-state index contributed by atoms with van der Waals surface area (Å²) in [6.07, 6.45) is 3.37. The number of aliphatic hydroxyl groups excluding tert-OH is 1. The number of likely N-dealkylation sites (tertiary alicyclic amines) is 1. The van der Waals surface area contributed by atoms with Gasteiger partial charge in [0.05, 0.1) is 18.5 Å². The highest BCUT2D eigenvalue weighted by Gasteiger charge is 2.28. The second-order valence-corrected chi connectivity index (χ2v) is 4.62. The number of aliphatic hydroxyl groups is 1. The molecule has 2 heterocycles. The molecule has 1 saturated heterocycles. The lowest BCUT2D eigenvalue weighted by Gasteiger charge is -2.34. The Balaban J connectivity index is 2.11. The Morgan fingerprint density at radius 3 is 3.00 bits per heavy atom.